The minimum absolute atomic E-state index is 0.0517. The molecular weight excluding hydrogens is 280 g/mol. The number of aromatic amines is 1. The van der Waals surface area contributed by atoms with Crippen molar-refractivity contribution in [2.75, 3.05) is 17.6 Å². The van der Waals surface area contributed by atoms with E-state index in [1.54, 1.807) is 6.92 Å². The highest BCUT2D eigenvalue weighted by molar-refractivity contribution is 7.92. The van der Waals surface area contributed by atoms with E-state index in [4.69, 9.17) is 10.5 Å². The number of nitrogen functional groups attached to an aromatic ring is 1. The summed E-state index contributed by atoms with van der Waals surface area (Å²) in [6, 6.07) is 4.27. The SMILES string of the molecule is COc1ccc(S(=O)(=O)Nc2n[nH]c(C)c2C)cc1N. The van der Waals surface area contributed by atoms with Crippen LogP contribution in [0.15, 0.2) is 23.1 Å². The summed E-state index contributed by atoms with van der Waals surface area (Å²) in [5.74, 6) is 0.702. The van der Waals surface area contributed by atoms with Gasteiger partial charge in [-0.2, -0.15) is 5.10 Å². The summed E-state index contributed by atoms with van der Waals surface area (Å²) >= 11 is 0. The number of hydrogen-bond acceptors (Lipinski definition) is 5. The number of rotatable bonds is 4. The molecule has 4 N–H and O–H groups in total. The van der Waals surface area contributed by atoms with Gasteiger partial charge in [-0.3, -0.25) is 9.82 Å². The summed E-state index contributed by atoms with van der Waals surface area (Å²) in [4.78, 5) is 0.0517. The van der Waals surface area contributed by atoms with Crippen LogP contribution in [0.4, 0.5) is 11.5 Å². The van der Waals surface area contributed by atoms with Crippen molar-refractivity contribution < 1.29 is 13.2 Å². The van der Waals surface area contributed by atoms with Crippen LogP contribution in [0.3, 0.4) is 0 Å². The van der Waals surface area contributed by atoms with Gasteiger partial charge >= 0.3 is 0 Å². The Kier molecular flexibility index (Phi) is 3.58. The van der Waals surface area contributed by atoms with Crippen LogP contribution in [0.25, 0.3) is 0 Å². The third-order valence-corrected chi connectivity index (χ3v) is 4.33. The van der Waals surface area contributed by atoms with Gasteiger partial charge in [0.1, 0.15) is 5.75 Å². The molecule has 0 aliphatic rings. The molecule has 1 heterocycles. The Bertz CT molecular complexity index is 737. The molecule has 7 nitrogen and oxygen atoms in total. The van der Waals surface area contributed by atoms with Crippen molar-refractivity contribution in [1.29, 1.82) is 0 Å². The molecule has 0 radical (unpaired) electrons. The van der Waals surface area contributed by atoms with Crippen LogP contribution >= 0.6 is 0 Å². The van der Waals surface area contributed by atoms with Gasteiger partial charge in [-0.1, -0.05) is 0 Å². The first kappa shape index (κ1) is 14.2. The zero-order chi connectivity index (χ0) is 14.9. The molecule has 0 aliphatic carbocycles. The van der Waals surface area contributed by atoms with Gasteiger partial charge in [0.05, 0.1) is 17.7 Å². The molecule has 0 atom stereocenters. The van der Waals surface area contributed by atoms with E-state index in [-0.39, 0.29) is 16.4 Å². The van der Waals surface area contributed by atoms with E-state index in [1.165, 1.54) is 25.3 Å². The molecule has 0 unspecified atom stereocenters. The lowest BCUT2D eigenvalue weighted by molar-refractivity contribution is 0.416. The van der Waals surface area contributed by atoms with Crippen molar-refractivity contribution in [3.63, 3.8) is 0 Å². The lowest BCUT2D eigenvalue weighted by Crippen LogP contribution is -2.14. The molecule has 0 aliphatic heterocycles. The van der Waals surface area contributed by atoms with Gasteiger partial charge in [-0.15, -0.1) is 0 Å². The van der Waals surface area contributed by atoms with Crippen molar-refractivity contribution in [2.24, 2.45) is 0 Å². The second-order valence-electron chi connectivity index (χ2n) is 4.33. The lowest BCUT2D eigenvalue weighted by Gasteiger charge is -2.09. The molecule has 2 aromatic rings. The standard InChI is InChI=1S/C12H16N4O3S/c1-7-8(2)14-15-12(7)16-20(17,18)9-4-5-11(19-3)10(13)6-9/h4-6H,13H2,1-3H3,(H2,14,15,16). The fraction of sp³-hybridized carbons (Fsp3) is 0.250. The summed E-state index contributed by atoms with van der Waals surface area (Å²) in [7, 11) is -2.27. The molecule has 8 heteroatoms. The number of ether oxygens (including phenoxy) is 1. The van der Waals surface area contributed by atoms with E-state index in [2.05, 4.69) is 14.9 Å². The maximum absolute atomic E-state index is 12.3. The predicted octanol–water partition coefficient (Wildman–Crippen LogP) is 1.42. The number of hydrogen-bond donors (Lipinski definition) is 3. The fourth-order valence-corrected chi connectivity index (χ4v) is 2.75. The first-order chi connectivity index (χ1) is 9.35. The Balaban J connectivity index is 2.36. The van der Waals surface area contributed by atoms with E-state index < -0.39 is 10.0 Å². The summed E-state index contributed by atoms with van der Waals surface area (Å²) in [5.41, 5.74) is 7.52. The van der Waals surface area contributed by atoms with E-state index in [0.29, 0.717) is 5.75 Å². The summed E-state index contributed by atoms with van der Waals surface area (Å²) in [6.07, 6.45) is 0. The van der Waals surface area contributed by atoms with Gasteiger partial charge in [0, 0.05) is 11.3 Å². The molecule has 108 valence electrons. The Morgan fingerprint density at radius 2 is 2.05 bits per heavy atom. The molecule has 0 saturated carbocycles. The highest BCUT2D eigenvalue weighted by Crippen LogP contribution is 2.26. The number of benzene rings is 1. The monoisotopic (exact) mass is 296 g/mol. The number of nitrogens with one attached hydrogen (secondary N) is 2. The van der Waals surface area contributed by atoms with E-state index >= 15 is 0 Å². The van der Waals surface area contributed by atoms with Crippen LogP contribution in [0.1, 0.15) is 11.3 Å². The number of aromatic nitrogens is 2. The topological polar surface area (TPSA) is 110 Å². The van der Waals surface area contributed by atoms with Gasteiger partial charge in [0.2, 0.25) is 0 Å². The zero-order valence-electron chi connectivity index (χ0n) is 11.4. The number of H-pyrrole nitrogens is 1. The maximum atomic E-state index is 12.3. The van der Waals surface area contributed by atoms with E-state index in [9.17, 15) is 8.42 Å². The van der Waals surface area contributed by atoms with E-state index in [1.807, 2.05) is 6.92 Å². The Morgan fingerprint density at radius 3 is 2.55 bits per heavy atom. The average Bonchev–Trinajstić information content (AvgIpc) is 2.70. The second-order valence-corrected chi connectivity index (χ2v) is 6.01. The van der Waals surface area contributed by atoms with Gasteiger partial charge in [0.25, 0.3) is 10.0 Å². The average molecular weight is 296 g/mol. The number of nitrogens with two attached hydrogens (primary N) is 1. The molecular formula is C12H16N4O3S. The largest absolute Gasteiger partial charge is 0.495 e. The predicted molar refractivity (Wildman–Crippen MR) is 76.3 cm³/mol. The van der Waals surface area contributed by atoms with Gasteiger partial charge in [0.15, 0.2) is 5.82 Å². The van der Waals surface area contributed by atoms with Gasteiger partial charge in [-0.25, -0.2) is 8.42 Å². The zero-order valence-corrected chi connectivity index (χ0v) is 12.2. The maximum Gasteiger partial charge on any atom is 0.263 e. The summed E-state index contributed by atoms with van der Waals surface area (Å²) in [6.45, 7) is 3.59. The van der Waals surface area contributed by atoms with Crippen molar-refractivity contribution >= 4 is 21.5 Å². The second kappa shape index (κ2) is 5.04. The molecule has 1 aromatic carbocycles. The van der Waals surface area contributed by atoms with Crippen molar-refractivity contribution in [3.05, 3.63) is 29.5 Å². The molecule has 2 rings (SSSR count). The fourth-order valence-electron chi connectivity index (χ4n) is 1.65. The third-order valence-electron chi connectivity index (χ3n) is 3.00. The number of nitrogens with zero attached hydrogens (tertiary/aromatic N) is 1. The normalized spacial score (nSPS) is 11.3. The number of anilines is 2. The number of sulfonamides is 1. The lowest BCUT2D eigenvalue weighted by atomic mass is 10.3. The third kappa shape index (κ3) is 2.55. The van der Waals surface area contributed by atoms with Crippen LogP contribution in [0.2, 0.25) is 0 Å². The molecule has 0 spiro atoms. The van der Waals surface area contributed by atoms with Gasteiger partial charge < -0.3 is 10.5 Å². The summed E-state index contributed by atoms with van der Waals surface area (Å²) in [5, 5.41) is 6.63. The highest BCUT2D eigenvalue weighted by Gasteiger charge is 2.18. The molecule has 0 bridgehead atoms. The van der Waals surface area contributed by atoms with Crippen molar-refractivity contribution in [2.45, 2.75) is 18.7 Å². The number of methoxy groups -OCH3 is 1. The van der Waals surface area contributed by atoms with Crippen molar-refractivity contribution in [1.82, 2.24) is 10.2 Å². The smallest absolute Gasteiger partial charge is 0.263 e. The van der Waals surface area contributed by atoms with Crippen LogP contribution < -0.4 is 15.2 Å². The van der Waals surface area contributed by atoms with Gasteiger partial charge in [-0.05, 0) is 32.0 Å². The highest BCUT2D eigenvalue weighted by atomic mass is 32.2. The summed E-state index contributed by atoms with van der Waals surface area (Å²) < 4.78 is 31.9. The Labute approximate surface area is 117 Å². The van der Waals surface area contributed by atoms with Crippen molar-refractivity contribution in [3.8, 4) is 5.75 Å². The molecule has 0 saturated heterocycles. The first-order valence-corrected chi connectivity index (χ1v) is 7.31. The first-order valence-electron chi connectivity index (χ1n) is 5.83. The minimum Gasteiger partial charge on any atom is -0.495 e. The Hall–Kier alpha value is -2.22. The quantitative estimate of drug-likeness (QED) is 0.739. The molecule has 20 heavy (non-hydrogen) atoms. The molecule has 0 amide bonds. The Morgan fingerprint density at radius 1 is 1.35 bits per heavy atom. The van der Waals surface area contributed by atoms with Crippen LogP contribution in [-0.2, 0) is 10.0 Å². The van der Waals surface area contributed by atoms with Crippen LogP contribution in [0.5, 0.6) is 5.75 Å². The molecule has 0 fully saturated rings. The van der Waals surface area contributed by atoms with E-state index in [0.717, 1.165) is 11.3 Å². The van der Waals surface area contributed by atoms with Crippen LogP contribution in [0, 0.1) is 13.8 Å². The minimum atomic E-state index is -3.74. The molecule has 1 aromatic heterocycles. The number of aryl methyl sites for hydroxylation is 1. The van der Waals surface area contributed by atoms with Crippen LogP contribution in [-0.4, -0.2) is 25.7 Å².